The number of anilines is 1. The van der Waals surface area contributed by atoms with Gasteiger partial charge in [-0.25, -0.2) is 0 Å². The smallest absolute Gasteiger partial charge is 0.256 e. The van der Waals surface area contributed by atoms with Gasteiger partial charge in [0.1, 0.15) is 5.84 Å². The Morgan fingerprint density at radius 3 is 2.09 bits per heavy atom. The summed E-state index contributed by atoms with van der Waals surface area (Å²) < 4.78 is 0. The molecule has 33 heavy (non-hydrogen) atoms. The highest BCUT2D eigenvalue weighted by atomic mass is 35.5. The van der Waals surface area contributed by atoms with Crippen molar-refractivity contribution in [2.24, 2.45) is 0 Å². The minimum atomic E-state index is -0.351. The molecular weight excluding hydrogens is 457 g/mol. The average Bonchev–Trinajstić information content (AvgIpc) is 2.75. The number of nitrogens with zero attached hydrogens (tertiary/aromatic N) is 1. The lowest BCUT2D eigenvalue weighted by atomic mass is 9.97. The van der Waals surface area contributed by atoms with Gasteiger partial charge in [0.05, 0.1) is 0 Å². The number of carbonyl (C=O) groups excluding carboxylic acids is 2. The van der Waals surface area contributed by atoms with E-state index in [0.29, 0.717) is 38.3 Å². The largest absolute Gasteiger partial charge is 0.356 e. The van der Waals surface area contributed by atoms with Gasteiger partial charge in [0.15, 0.2) is 5.78 Å². The Kier molecular flexibility index (Phi) is 7.90. The van der Waals surface area contributed by atoms with Crippen LogP contribution < -0.4 is 5.32 Å². The molecule has 0 unspecified atom stereocenters. The summed E-state index contributed by atoms with van der Waals surface area (Å²) in [5.41, 5.74) is 2.84. The van der Waals surface area contributed by atoms with Crippen LogP contribution in [0.4, 0.5) is 5.69 Å². The highest BCUT2D eigenvalue weighted by Crippen LogP contribution is 2.21. The van der Waals surface area contributed by atoms with Crippen LogP contribution >= 0.6 is 23.2 Å². The number of likely N-dealkylation sites (tertiary alicyclic amines) is 1. The van der Waals surface area contributed by atoms with E-state index in [1.165, 1.54) is 0 Å². The van der Waals surface area contributed by atoms with E-state index in [4.69, 9.17) is 28.6 Å². The maximum absolute atomic E-state index is 12.9. The summed E-state index contributed by atoms with van der Waals surface area (Å²) >= 11 is 12.0. The van der Waals surface area contributed by atoms with Gasteiger partial charge in [-0.3, -0.25) is 15.0 Å². The Labute approximate surface area is 203 Å². The van der Waals surface area contributed by atoms with Gasteiger partial charge >= 0.3 is 0 Å². The van der Waals surface area contributed by atoms with E-state index in [1.54, 1.807) is 66.7 Å². The zero-order valence-corrected chi connectivity index (χ0v) is 18.7. The van der Waals surface area contributed by atoms with Crippen LogP contribution in [0.5, 0.6) is 0 Å². The Balaban J connectivity index is 0.00000306. The second-order valence-electron chi connectivity index (χ2n) is 7.63. The molecule has 1 saturated heterocycles. The number of carbonyl (C=O) groups is 2. The molecule has 0 aromatic heterocycles. The van der Waals surface area contributed by atoms with Crippen molar-refractivity contribution in [3.05, 3.63) is 99.0 Å². The summed E-state index contributed by atoms with van der Waals surface area (Å²) in [5, 5.41) is 12.0. The number of hydrogen-bond acceptors (Lipinski definition) is 3. The Morgan fingerprint density at radius 1 is 0.879 bits per heavy atom. The van der Waals surface area contributed by atoms with Gasteiger partial charge in [0.2, 0.25) is 0 Å². The van der Waals surface area contributed by atoms with Crippen molar-refractivity contribution in [1.82, 2.24) is 4.90 Å². The van der Waals surface area contributed by atoms with Crippen molar-refractivity contribution in [1.29, 1.82) is 5.41 Å². The average molecular weight is 482 g/mol. The predicted molar refractivity (Wildman–Crippen MR) is 135 cm³/mol. The summed E-state index contributed by atoms with van der Waals surface area (Å²) in [7, 11) is 0. The summed E-state index contributed by atoms with van der Waals surface area (Å²) in [6, 6.07) is 18.8. The number of benzene rings is 3. The standard InChI is InChI=1S/C25H21Cl2N3O2.CH4/c26-19-8-10-21(11-9-19)29-25(32)22-15-20(27)7-6-18(22)14-23(31)16-2-4-17(5-3-16)24(28)30-12-1-13-30;/h2-11,15,28H,1,12-14H2,(H,29,32);1H4. The molecule has 0 aliphatic carbocycles. The third-order valence-corrected chi connectivity index (χ3v) is 5.91. The normalized spacial score (nSPS) is 12.4. The third-order valence-electron chi connectivity index (χ3n) is 5.42. The van der Waals surface area contributed by atoms with E-state index in [-0.39, 0.29) is 25.5 Å². The lowest BCUT2D eigenvalue weighted by Gasteiger charge is -2.33. The summed E-state index contributed by atoms with van der Waals surface area (Å²) in [4.78, 5) is 27.8. The first-order valence-corrected chi connectivity index (χ1v) is 11.0. The SMILES string of the molecule is C.N=C(c1ccc(C(=O)Cc2ccc(Cl)cc2C(=O)Nc2ccc(Cl)cc2)cc1)N1CCC1. The van der Waals surface area contributed by atoms with Crippen LogP contribution in [-0.4, -0.2) is 35.5 Å². The molecule has 1 amide bonds. The maximum Gasteiger partial charge on any atom is 0.256 e. The van der Waals surface area contributed by atoms with Crippen LogP contribution in [0.25, 0.3) is 0 Å². The molecule has 0 bridgehead atoms. The Morgan fingerprint density at radius 2 is 1.48 bits per heavy atom. The van der Waals surface area contributed by atoms with E-state index in [0.717, 1.165) is 25.1 Å². The molecule has 0 saturated carbocycles. The van der Waals surface area contributed by atoms with Crippen molar-refractivity contribution in [2.45, 2.75) is 20.3 Å². The van der Waals surface area contributed by atoms with Gasteiger partial charge in [-0.05, 0) is 48.4 Å². The fourth-order valence-electron chi connectivity index (χ4n) is 3.46. The highest BCUT2D eigenvalue weighted by molar-refractivity contribution is 6.31. The number of hydrogen-bond donors (Lipinski definition) is 2. The van der Waals surface area contributed by atoms with Crippen molar-refractivity contribution in [3.8, 4) is 0 Å². The van der Waals surface area contributed by atoms with Crippen LogP contribution in [0, 0.1) is 5.41 Å². The maximum atomic E-state index is 12.9. The molecule has 1 aliphatic heterocycles. The topological polar surface area (TPSA) is 73.3 Å². The minimum Gasteiger partial charge on any atom is -0.356 e. The molecule has 0 radical (unpaired) electrons. The highest BCUT2D eigenvalue weighted by Gasteiger charge is 2.19. The molecule has 4 rings (SSSR count). The molecule has 0 atom stereocenters. The van der Waals surface area contributed by atoms with E-state index < -0.39 is 0 Å². The number of halogens is 2. The van der Waals surface area contributed by atoms with Crippen LogP contribution in [0.2, 0.25) is 10.0 Å². The minimum absolute atomic E-state index is 0. The second-order valence-corrected chi connectivity index (χ2v) is 8.50. The van der Waals surface area contributed by atoms with E-state index in [9.17, 15) is 9.59 Å². The van der Waals surface area contributed by atoms with Crippen LogP contribution in [0.1, 0.15) is 45.7 Å². The molecule has 7 heteroatoms. The summed E-state index contributed by atoms with van der Waals surface area (Å²) in [5.74, 6) is 0.0139. The lowest BCUT2D eigenvalue weighted by Crippen LogP contribution is -2.42. The Bertz CT molecular complexity index is 1170. The predicted octanol–water partition coefficient (Wildman–Crippen LogP) is 6.34. The van der Waals surface area contributed by atoms with Gasteiger partial charge < -0.3 is 10.2 Å². The number of nitrogens with one attached hydrogen (secondary N) is 2. The molecule has 1 aliphatic rings. The first kappa shape index (κ1) is 24.5. The van der Waals surface area contributed by atoms with E-state index in [1.807, 2.05) is 4.90 Å². The molecule has 170 valence electrons. The van der Waals surface area contributed by atoms with E-state index in [2.05, 4.69) is 5.32 Å². The van der Waals surface area contributed by atoms with Gasteiger partial charge in [0.25, 0.3) is 5.91 Å². The van der Waals surface area contributed by atoms with Crippen molar-refractivity contribution in [2.75, 3.05) is 18.4 Å². The molecule has 0 spiro atoms. The van der Waals surface area contributed by atoms with Crippen LogP contribution in [0.15, 0.2) is 66.7 Å². The fourth-order valence-corrected chi connectivity index (χ4v) is 3.76. The molecule has 5 nitrogen and oxygen atoms in total. The summed E-state index contributed by atoms with van der Waals surface area (Å²) in [6.45, 7) is 1.80. The zero-order chi connectivity index (χ0) is 22.7. The zero-order valence-electron chi connectivity index (χ0n) is 17.2. The summed E-state index contributed by atoms with van der Waals surface area (Å²) in [6.07, 6.45) is 1.16. The second kappa shape index (κ2) is 10.6. The molecule has 3 aromatic rings. The quantitative estimate of drug-likeness (QED) is 0.245. The van der Waals surface area contributed by atoms with Gasteiger partial charge in [-0.1, -0.05) is 61.0 Å². The lowest BCUT2D eigenvalue weighted by molar-refractivity contribution is 0.0992. The monoisotopic (exact) mass is 481 g/mol. The molecule has 1 fully saturated rings. The van der Waals surface area contributed by atoms with Crippen LogP contribution in [-0.2, 0) is 6.42 Å². The number of rotatable bonds is 6. The van der Waals surface area contributed by atoms with E-state index >= 15 is 0 Å². The molecule has 3 aromatic carbocycles. The molecule has 2 N–H and O–H groups in total. The van der Waals surface area contributed by atoms with Crippen molar-refractivity contribution >= 4 is 46.4 Å². The number of amidine groups is 1. The van der Waals surface area contributed by atoms with Gasteiger partial charge in [0, 0.05) is 51.9 Å². The molecular formula is C26H25Cl2N3O2. The van der Waals surface area contributed by atoms with Crippen molar-refractivity contribution < 1.29 is 9.59 Å². The van der Waals surface area contributed by atoms with Crippen LogP contribution in [0.3, 0.4) is 0 Å². The van der Waals surface area contributed by atoms with Gasteiger partial charge in [-0.15, -0.1) is 0 Å². The van der Waals surface area contributed by atoms with Gasteiger partial charge in [-0.2, -0.15) is 0 Å². The fraction of sp³-hybridized carbons (Fsp3) is 0.192. The number of Topliss-reactive ketones (excluding diaryl/α,β-unsaturated/α-hetero) is 1. The first-order chi connectivity index (χ1) is 15.4. The number of ketones is 1. The Hall–Kier alpha value is -3.15. The third kappa shape index (κ3) is 5.81. The molecule has 1 heterocycles. The number of amides is 1. The van der Waals surface area contributed by atoms with Crippen molar-refractivity contribution in [3.63, 3.8) is 0 Å². The first-order valence-electron chi connectivity index (χ1n) is 10.2.